The van der Waals surface area contributed by atoms with Gasteiger partial charge in [-0.3, -0.25) is 9.59 Å². The molecule has 8 heteroatoms. The lowest BCUT2D eigenvalue weighted by molar-refractivity contribution is -0.132. The molecule has 1 amide bonds. The predicted molar refractivity (Wildman–Crippen MR) is 136 cm³/mol. The van der Waals surface area contributed by atoms with Crippen molar-refractivity contribution in [2.75, 3.05) is 13.7 Å². The molecule has 0 bridgehead atoms. The van der Waals surface area contributed by atoms with Crippen molar-refractivity contribution in [2.24, 2.45) is 0 Å². The number of rotatable bonds is 7. The van der Waals surface area contributed by atoms with Crippen LogP contribution >= 0.6 is 11.6 Å². The summed E-state index contributed by atoms with van der Waals surface area (Å²) in [6, 6.07) is 11.3. The highest BCUT2D eigenvalue weighted by Crippen LogP contribution is 2.44. The van der Waals surface area contributed by atoms with Gasteiger partial charge < -0.3 is 23.9 Å². The minimum Gasteiger partial charge on any atom is -0.503 e. The number of carbonyl (C=O) groups excluding carboxylic acids is 2. The maximum Gasteiger partial charge on any atom is 0.290 e. The molecule has 3 aromatic rings. The van der Waals surface area contributed by atoms with Crippen LogP contribution in [0.2, 0.25) is 5.02 Å². The molecule has 1 unspecified atom stereocenters. The highest BCUT2D eigenvalue weighted by Gasteiger charge is 2.47. The normalized spacial score (nSPS) is 18.8. The molecule has 2 heterocycles. The Balaban J connectivity index is 1.62. The molecule has 7 nitrogen and oxygen atoms in total. The zero-order valence-electron chi connectivity index (χ0n) is 20.3. The number of hydrogen-bond acceptors (Lipinski definition) is 6. The molecule has 1 aliphatic heterocycles. The van der Waals surface area contributed by atoms with E-state index in [0.717, 1.165) is 32.1 Å². The van der Waals surface area contributed by atoms with Gasteiger partial charge in [0.2, 0.25) is 5.78 Å². The number of ketones is 1. The summed E-state index contributed by atoms with van der Waals surface area (Å²) in [5.41, 5.74) is 1.07. The molecule has 1 aromatic heterocycles. The predicted octanol–water partition coefficient (Wildman–Crippen LogP) is 6.40. The Morgan fingerprint density at radius 1 is 1.17 bits per heavy atom. The van der Waals surface area contributed by atoms with Crippen LogP contribution in [0.3, 0.4) is 0 Å². The molecule has 5 rings (SSSR count). The van der Waals surface area contributed by atoms with E-state index in [1.54, 1.807) is 23.1 Å². The van der Waals surface area contributed by atoms with Crippen molar-refractivity contribution < 1.29 is 28.6 Å². The quantitative estimate of drug-likeness (QED) is 0.370. The molecular weight excluding hydrogens is 482 g/mol. The Hall–Kier alpha value is -3.45. The fraction of sp³-hybridized carbons (Fsp3) is 0.357. The van der Waals surface area contributed by atoms with Crippen LogP contribution in [0.4, 0.5) is 0 Å². The van der Waals surface area contributed by atoms with Crippen LogP contribution in [0.5, 0.6) is 11.5 Å². The number of aliphatic hydroxyl groups excluding tert-OH is 1. The number of methoxy groups -OCH3 is 1. The molecule has 1 atom stereocenters. The van der Waals surface area contributed by atoms with E-state index in [-0.39, 0.29) is 17.4 Å². The average molecular weight is 510 g/mol. The van der Waals surface area contributed by atoms with E-state index in [2.05, 4.69) is 0 Å². The van der Waals surface area contributed by atoms with E-state index in [1.165, 1.54) is 7.11 Å². The minimum atomic E-state index is -0.757. The number of Topliss-reactive ketones (excluding diaryl/α,β-unsaturated/α-hetero) is 1. The van der Waals surface area contributed by atoms with E-state index in [0.29, 0.717) is 39.7 Å². The lowest BCUT2D eigenvalue weighted by Crippen LogP contribution is -2.41. The Kier molecular flexibility index (Phi) is 6.67. The molecular formula is C28H28ClNO6. The second-order valence-electron chi connectivity index (χ2n) is 9.14. The van der Waals surface area contributed by atoms with Gasteiger partial charge in [0.15, 0.2) is 22.9 Å². The fourth-order valence-corrected chi connectivity index (χ4v) is 5.56. The fourth-order valence-electron chi connectivity index (χ4n) is 5.34. The number of ether oxygens (including phenoxy) is 2. The van der Waals surface area contributed by atoms with Gasteiger partial charge >= 0.3 is 0 Å². The molecule has 1 aliphatic carbocycles. The number of aliphatic hydroxyl groups is 1. The molecule has 0 radical (unpaired) electrons. The number of furan rings is 1. The summed E-state index contributed by atoms with van der Waals surface area (Å²) in [4.78, 5) is 29.0. The second-order valence-corrected chi connectivity index (χ2v) is 9.58. The first-order valence-electron chi connectivity index (χ1n) is 12.2. The number of benzene rings is 2. The first kappa shape index (κ1) is 24.3. The molecule has 0 saturated heterocycles. The van der Waals surface area contributed by atoms with E-state index in [9.17, 15) is 14.7 Å². The SMILES string of the molecule is CCOc1cccc(C2C(C(=O)c3cc4cc(Cl)cc(OC)c4o3)=C(O)C(=O)N2C2CCCCC2)c1. The lowest BCUT2D eigenvalue weighted by atomic mass is 9.90. The molecule has 2 aromatic carbocycles. The van der Waals surface area contributed by atoms with Gasteiger partial charge in [-0.15, -0.1) is 0 Å². The molecule has 1 saturated carbocycles. The lowest BCUT2D eigenvalue weighted by Gasteiger charge is -2.36. The summed E-state index contributed by atoms with van der Waals surface area (Å²) in [6.45, 7) is 2.37. The van der Waals surface area contributed by atoms with Crippen molar-refractivity contribution in [3.63, 3.8) is 0 Å². The van der Waals surface area contributed by atoms with E-state index in [4.69, 9.17) is 25.5 Å². The third-order valence-corrected chi connectivity index (χ3v) is 7.15. The van der Waals surface area contributed by atoms with Crippen LogP contribution in [0.1, 0.15) is 61.2 Å². The Bertz CT molecular complexity index is 1350. The smallest absolute Gasteiger partial charge is 0.290 e. The highest BCUT2D eigenvalue weighted by atomic mass is 35.5. The molecule has 0 spiro atoms. The van der Waals surface area contributed by atoms with Crippen LogP contribution in [0, 0.1) is 0 Å². The third kappa shape index (κ3) is 4.22. The van der Waals surface area contributed by atoms with E-state index in [1.807, 2.05) is 31.2 Å². The maximum atomic E-state index is 13.9. The summed E-state index contributed by atoms with van der Waals surface area (Å²) < 4.78 is 16.9. The zero-order chi connectivity index (χ0) is 25.4. The summed E-state index contributed by atoms with van der Waals surface area (Å²) in [6.07, 6.45) is 4.74. The van der Waals surface area contributed by atoms with Crippen molar-refractivity contribution in [2.45, 2.75) is 51.1 Å². The van der Waals surface area contributed by atoms with Crippen molar-refractivity contribution in [1.29, 1.82) is 0 Å². The largest absolute Gasteiger partial charge is 0.503 e. The van der Waals surface area contributed by atoms with E-state index < -0.39 is 23.5 Å². The minimum absolute atomic E-state index is 0.00309. The molecule has 36 heavy (non-hydrogen) atoms. The van der Waals surface area contributed by atoms with Crippen LogP contribution in [-0.2, 0) is 4.79 Å². The third-order valence-electron chi connectivity index (χ3n) is 6.93. The Morgan fingerprint density at radius 2 is 1.94 bits per heavy atom. The summed E-state index contributed by atoms with van der Waals surface area (Å²) in [5.74, 6) is -0.609. The first-order valence-corrected chi connectivity index (χ1v) is 12.6. The van der Waals surface area contributed by atoms with Gasteiger partial charge in [0.1, 0.15) is 5.75 Å². The van der Waals surface area contributed by atoms with Crippen molar-refractivity contribution in [3.05, 3.63) is 70.1 Å². The van der Waals surface area contributed by atoms with Gasteiger partial charge in [-0.2, -0.15) is 0 Å². The Labute approximate surface area is 214 Å². The monoisotopic (exact) mass is 509 g/mol. The number of halogens is 1. The van der Waals surface area contributed by atoms with Crippen LogP contribution < -0.4 is 9.47 Å². The van der Waals surface area contributed by atoms with Crippen molar-refractivity contribution in [3.8, 4) is 11.5 Å². The summed E-state index contributed by atoms with van der Waals surface area (Å²) in [5, 5.41) is 12.1. The standard InChI is InChI=1S/C28H28ClNO6/c1-3-35-20-11-7-8-16(13-20)24-23(26(32)28(33)30(24)19-9-5-4-6-10-19)25(31)21-14-17-12-18(29)15-22(34-2)27(17)36-21/h7-8,11-15,19,24,32H,3-6,9-10H2,1-2H3. The average Bonchev–Trinajstić information content (AvgIpc) is 3.43. The maximum absolute atomic E-state index is 13.9. The molecule has 1 N–H and O–H groups in total. The summed E-state index contributed by atoms with van der Waals surface area (Å²) >= 11 is 6.19. The number of nitrogens with zero attached hydrogens (tertiary/aromatic N) is 1. The molecule has 188 valence electrons. The number of carbonyl (C=O) groups is 2. The van der Waals surface area contributed by atoms with Gasteiger partial charge in [0.05, 0.1) is 25.3 Å². The number of amides is 1. The van der Waals surface area contributed by atoms with Gasteiger partial charge in [-0.25, -0.2) is 0 Å². The van der Waals surface area contributed by atoms with Crippen LogP contribution in [-0.4, -0.2) is 41.5 Å². The second kappa shape index (κ2) is 9.90. The van der Waals surface area contributed by atoms with Crippen LogP contribution in [0.15, 0.2) is 58.2 Å². The Morgan fingerprint density at radius 3 is 2.67 bits per heavy atom. The van der Waals surface area contributed by atoms with Gasteiger partial charge in [-0.1, -0.05) is 43.0 Å². The topological polar surface area (TPSA) is 89.2 Å². The van der Waals surface area contributed by atoms with E-state index >= 15 is 0 Å². The van der Waals surface area contributed by atoms with Crippen LogP contribution in [0.25, 0.3) is 11.0 Å². The van der Waals surface area contributed by atoms with Gasteiger partial charge in [0.25, 0.3) is 5.91 Å². The van der Waals surface area contributed by atoms with Crippen molar-refractivity contribution in [1.82, 2.24) is 4.90 Å². The summed E-state index contributed by atoms with van der Waals surface area (Å²) in [7, 11) is 1.49. The molecule has 2 aliphatic rings. The molecule has 1 fully saturated rings. The highest BCUT2D eigenvalue weighted by molar-refractivity contribution is 6.31. The number of hydrogen-bond donors (Lipinski definition) is 1. The van der Waals surface area contributed by atoms with Gasteiger partial charge in [0, 0.05) is 22.5 Å². The van der Waals surface area contributed by atoms with Crippen molar-refractivity contribution >= 4 is 34.3 Å². The first-order chi connectivity index (χ1) is 17.4. The number of fused-ring (bicyclic) bond motifs is 1. The zero-order valence-corrected chi connectivity index (χ0v) is 21.0. The van der Waals surface area contributed by atoms with Gasteiger partial charge in [-0.05, 0) is 49.6 Å².